The molecule has 6 nitrogen and oxygen atoms in total. The van der Waals surface area contributed by atoms with E-state index < -0.39 is 6.10 Å². The van der Waals surface area contributed by atoms with Crippen LogP contribution >= 0.6 is 0 Å². The third kappa shape index (κ3) is 52.6. The monoisotopic (exact) mass is 927 g/mol. The van der Waals surface area contributed by atoms with Crippen LogP contribution in [0.1, 0.15) is 226 Å². The van der Waals surface area contributed by atoms with Gasteiger partial charge in [-0.1, -0.05) is 226 Å². The number of hydrogen-bond donors (Lipinski definition) is 0. The van der Waals surface area contributed by atoms with E-state index in [2.05, 4.69) is 118 Å². The van der Waals surface area contributed by atoms with Crippen molar-refractivity contribution in [2.75, 3.05) is 13.2 Å². The normalized spacial score (nSPS) is 13.1. The Bertz CT molecular complexity index is 1440. The van der Waals surface area contributed by atoms with Crippen LogP contribution in [0.3, 0.4) is 0 Å². The van der Waals surface area contributed by atoms with Crippen molar-refractivity contribution in [3.05, 3.63) is 122 Å². The molecule has 0 fully saturated rings. The minimum Gasteiger partial charge on any atom is -0.462 e. The summed E-state index contributed by atoms with van der Waals surface area (Å²) in [6, 6.07) is 0. The summed E-state index contributed by atoms with van der Waals surface area (Å²) in [5.74, 6) is -0.955. The van der Waals surface area contributed by atoms with Crippen LogP contribution in [0.2, 0.25) is 0 Å². The van der Waals surface area contributed by atoms with E-state index in [9.17, 15) is 14.4 Å². The van der Waals surface area contributed by atoms with Gasteiger partial charge in [0.25, 0.3) is 0 Å². The second kappa shape index (κ2) is 54.4. The van der Waals surface area contributed by atoms with E-state index >= 15 is 0 Å². The lowest BCUT2D eigenvalue weighted by Gasteiger charge is -2.18. The van der Waals surface area contributed by atoms with E-state index in [1.54, 1.807) is 0 Å². The van der Waals surface area contributed by atoms with Crippen molar-refractivity contribution in [3.63, 3.8) is 0 Å². The van der Waals surface area contributed by atoms with Gasteiger partial charge in [0.05, 0.1) is 0 Å². The first-order chi connectivity index (χ1) is 33.0. The Morgan fingerprint density at radius 2 is 0.657 bits per heavy atom. The molecule has 1 unspecified atom stereocenters. The fraction of sp³-hybridized carbons (Fsp3) is 0.623. The van der Waals surface area contributed by atoms with Gasteiger partial charge < -0.3 is 14.2 Å². The molecular weight excluding hydrogens is 829 g/mol. The van der Waals surface area contributed by atoms with Gasteiger partial charge in [0.1, 0.15) is 13.2 Å². The quantitative estimate of drug-likeness (QED) is 0.0199. The van der Waals surface area contributed by atoms with E-state index in [1.165, 1.54) is 51.4 Å². The lowest BCUT2D eigenvalue weighted by atomic mass is 10.1. The second-order valence-corrected chi connectivity index (χ2v) is 17.5. The van der Waals surface area contributed by atoms with E-state index in [0.717, 1.165) is 135 Å². The number of rotatable bonds is 47. The Hall–Kier alpha value is -4.19. The molecule has 0 aliphatic carbocycles. The van der Waals surface area contributed by atoms with Gasteiger partial charge in [-0.3, -0.25) is 14.4 Å². The van der Waals surface area contributed by atoms with Crippen LogP contribution in [0.15, 0.2) is 122 Å². The summed E-state index contributed by atoms with van der Waals surface area (Å²) in [5.41, 5.74) is 0. The molecule has 0 spiro atoms. The molecule has 0 aromatic rings. The van der Waals surface area contributed by atoms with E-state index in [-0.39, 0.29) is 31.1 Å². The zero-order valence-corrected chi connectivity index (χ0v) is 43.1. The van der Waals surface area contributed by atoms with Gasteiger partial charge in [0.15, 0.2) is 6.10 Å². The molecule has 0 rings (SSSR count). The highest BCUT2D eigenvalue weighted by atomic mass is 16.6. The van der Waals surface area contributed by atoms with Crippen LogP contribution in [-0.4, -0.2) is 37.2 Å². The van der Waals surface area contributed by atoms with Gasteiger partial charge in [-0.15, -0.1) is 0 Å². The zero-order chi connectivity index (χ0) is 48.6. The predicted molar refractivity (Wildman–Crippen MR) is 288 cm³/mol. The molecular formula is C61H98O6. The van der Waals surface area contributed by atoms with E-state index in [1.807, 2.05) is 24.3 Å². The minimum atomic E-state index is -0.805. The Balaban J connectivity index is 4.48. The van der Waals surface area contributed by atoms with Crippen molar-refractivity contribution in [3.8, 4) is 0 Å². The minimum absolute atomic E-state index is 0.102. The number of hydrogen-bond acceptors (Lipinski definition) is 6. The van der Waals surface area contributed by atoms with Crippen molar-refractivity contribution in [1.82, 2.24) is 0 Å². The molecule has 6 heteroatoms. The van der Waals surface area contributed by atoms with Crippen molar-refractivity contribution < 1.29 is 28.6 Å². The number of esters is 3. The molecule has 0 N–H and O–H groups in total. The van der Waals surface area contributed by atoms with Crippen LogP contribution in [-0.2, 0) is 28.6 Å². The van der Waals surface area contributed by atoms with Gasteiger partial charge in [-0.05, 0) is 103 Å². The molecule has 0 bridgehead atoms. The summed E-state index contributed by atoms with van der Waals surface area (Å²) in [5, 5.41) is 0. The molecule has 0 amide bonds. The molecule has 0 heterocycles. The fourth-order valence-corrected chi connectivity index (χ4v) is 7.02. The van der Waals surface area contributed by atoms with Crippen LogP contribution in [0, 0.1) is 0 Å². The second-order valence-electron chi connectivity index (χ2n) is 17.5. The number of carbonyl (C=O) groups is 3. The van der Waals surface area contributed by atoms with Gasteiger partial charge in [-0.25, -0.2) is 0 Å². The SMILES string of the molecule is CC\C=C/C=C\C=C/C=C\CCCCCCCC(=O)OC(COC(=O)CCCCCCCC/C=C\C=C/CCCCC)COC(=O)CCCCCCCC/C=C\C/C=C\C/C=C\C/C=C\CC. The Morgan fingerprint density at radius 1 is 0.328 bits per heavy atom. The number of unbranched alkanes of at least 4 members (excludes halogenated alkanes) is 20. The van der Waals surface area contributed by atoms with Crippen LogP contribution < -0.4 is 0 Å². The van der Waals surface area contributed by atoms with Gasteiger partial charge in [-0.2, -0.15) is 0 Å². The Kier molecular flexibility index (Phi) is 51.0. The molecule has 0 aromatic heterocycles. The third-order valence-corrected chi connectivity index (χ3v) is 11.1. The Morgan fingerprint density at radius 3 is 1.10 bits per heavy atom. The topological polar surface area (TPSA) is 78.9 Å². The number of ether oxygens (including phenoxy) is 3. The smallest absolute Gasteiger partial charge is 0.306 e. The molecule has 0 aromatic carbocycles. The first-order valence-corrected chi connectivity index (χ1v) is 27.1. The van der Waals surface area contributed by atoms with Gasteiger partial charge in [0.2, 0.25) is 0 Å². The standard InChI is InChI=1S/C61H98O6/c1-4-7-10-13-16-19-22-25-28-29-30-31-34-36-39-42-45-48-51-54-60(63)66-57-58(67-61(64)55-52-49-46-43-40-37-33-27-24-21-18-15-12-9-6-3)56-65-59(62)53-50-47-44-41-38-35-32-26-23-20-17-14-11-8-5-2/h7,9-10,12,15-21,23-28,30-31,33,58H,4-6,8,11,13-14,22,29,32,34-57H2,1-3H3/b10-7-,12-9-,18-15-,19-16-,20-17-,24-21-,26-23-,28-25-,31-30-,33-27-. The summed E-state index contributed by atoms with van der Waals surface area (Å²) in [6.07, 6.45) is 74.6. The summed E-state index contributed by atoms with van der Waals surface area (Å²) in [4.78, 5) is 38.1. The lowest BCUT2D eigenvalue weighted by molar-refractivity contribution is -0.167. The first kappa shape index (κ1) is 62.8. The highest BCUT2D eigenvalue weighted by Crippen LogP contribution is 2.14. The molecule has 0 saturated carbocycles. The fourth-order valence-electron chi connectivity index (χ4n) is 7.02. The zero-order valence-electron chi connectivity index (χ0n) is 43.1. The highest BCUT2D eigenvalue weighted by Gasteiger charge is 2.19. The van der Waals surface area contributed by atoms with Crippen LogP contribution in [0.25, 0.3) is 0 Å². The maximum atomic E-state index is 12.8. The molecule has 0 saturated heterocycles. The van der Waals surface area contributed by atoms with Gasteiger partial charge in [0, 0.05) is 19.3 Å². The molecule has 1 atom stereocenters. The van der Waals surface area contributed by atoms with Crippen molar-refractivity contribution in [2.24, 2.45) is 0 Å². The number of carbonyl (C=O) groups excluding carboxylic acids is 3. The summed E-state index contributed by atoms with van der Waals surface area (Å²) >= 11 is 0. The van der Waals surface area contributed by atoms with E-state index in [4.69, 9.17) is 14.2 Å². The van der Waals surface area contributed by atoms with Gasteiger partial charge >= 0.3 is 17.9 Å². The maximum Gasteiger partial charge on any atom is 0.306 e. The van der Waals surface area contributed by atoms with Crippen molar-refractivity contribution >= 4 is 17.9 Å². The lowest BCUT2D eigenvalue weighted by Crippen LogP contribution is -2.30. The Labute approximate surface area is 412 Å². The maximum absolute atomic E-state index is 12.8. The largest absolute Gasteiger partial charge is 0.462 e. The summed E-state index contributed by atoms with van der Waals surface area (Å²) in [7, 11) is 0. The van der Waals surface area contributed by atoms with Crippen molar-refractivity contribution in [2.45, 2.75) is 232 Å². The highest BCUT2D eigenvalue weighted by molar-refractivity contribution is 5.71. The number of allylic oxidation sites excluding steroid dienone is 20. The average Bonchev–Trinajstić information content (AvgIpc) is 3.33. The molecule has 0 radical (unpaired) electrons. The van der Waals surface area contributed by atoms with Crippen LogP contribution in [0.5, 0.6) is 0 Å². The third-order valence-electron chi connectivity index (χ3n) is 11.1. The molecule has 0 aliphatic rings. The average molecular weight is 927 g/mol. The van der Waals surface area contributed by atoms with E-state index in [0.29, 0.717) is 19.3 Å². The van der Waals surface area contributed by atoms with Crippen molar-refractivity contribution in [1.29, 1.82) is 0 Å². The summed E-state index contributed by atoms with van der Waals surface area (Å²) in [6.45, 7) is 6.31. The van der Waals surface area contributed by atoms with Crippen LogP contribution in [0.4, 0.5) is 0 Å². The molecule has 0 aliphatic heterocycles. The molecule has 378 valence electrons. The first-order valence-electron chi connectivity index (χ1n) is 27.1. The molecule has 67 heavy (non-hydrogen) atoms. The predicted octanol–water partition coefficient (Wildman–Crippen LogP) is 18.1. The summed E-state index contributed by atoms with van der Waals surface area (Å²) < 4.78 is 16.8.